The molecule has 1 fully saturated rings. The number of nitrogens with zero attached hydrogens (tertiary/aromatic N) is 3. The smallest absolute Gasteiger partial charge is 0.297 e. The van der Waals surface area contributed by atoms with Gasteiger partial charge < -0.3 is 9.73 Å². The zero-order chi connectivity index (χ0) is 20.5. The minimum Gasteiger partial charge on any atom is -0.404 e. The van der Waals surface area contributed by atoms with Gasteiger partial charge >= 0.3 is 0 Å². The topological polar surface area (TPSA) is 63.8 Å². The van der Waals surface area contributed by atoms with E-state index in [-0.39, 0.29) is 11.9 Å². The molecule has 1 atom stereocenters. The Labute approximate surface area is 174 Å². The van der Waals surface area contributed by atoms with E-state index in [1.165, 1.54) is 24.5 Å². The van der Waals surface area contributed by atoms with Gasteiger partial charge in [0.1, 0.15) is 11.3 Å². The van der Waals surface area contributed by atoms with Crippen molar-refractivity contribution in [3.8, 4) is 0 Å². The molecule has 3 heterocycles. The molecule has 1 aliphatic rings. The van der Waals surface area contributed by atoms with Crippen LogP contribution in [0.3, 0.4) is 0 Å². The first-order chi connectivity index (χ1) is 14.7. The fourth-order valence-corrected chi connectivity index (χ4v) is 4.81. The third kappa shape index (κ3) is 3.86. The number of anilines is 1. The summed E-state index contributed by atoms with van der Waals surface area (Å²) in [6.07, 6.45) is 9.22. The van der Waals surface area contributed by atoms with Crippen molar-refractivity contribution < 1.29 is 8.81 Å². The first-order valence-corrected chi connectivity index (χ1v) is 10.7. The lowest BCUT2D eigenvalue weighted by Gasteiger charge is -2.31. The van der Waals surface area contributed by atoms with Gasteiger partial charge in [-0.15, -0.1) is 0 Å². The maximum atomic E-state index is 13.8. The van der Waals surface area contributed by atoms with E-state index in [0.29, 0.717) is 23.6 Å². The summed E-state index contributed by atoms with van der Waals surface area (Å²) in [5.74, 6) is 0.941. The summed E-state index contributed by atoms with van der Waals surface area (Å²) < 4.78 is 19.5. The quantitative estimate of drug-likeness (QED) is 0.437. The summed E-state index contributed by atoms with van der Waals surface area (Å²) in [6.45, 7) is 2.17. The number of aromatic nitrogens is 3. The van der Waals surface area contributed by atoms with E-state index in [2.05, 4.69) is 33.3 Å². The highest BCUT2D eigenvalue weighted by Crippen LogP contribution is 2.40. The van der Waals surface area contributed by atoms with Crippen molar-refractivity contribution in [2.45, 2.75) is 51.0 Å². The normalized spacial score (nSPS) is 20.5. The molecule has 6 heteroatoms. The van der Waals surface area contributed by atoms with Crippen LogP contribution < -0.4 is 5.32 Å². The molecular weight excluding hydrogens is 379 g/mol. The zero-order valence-corrected chi connectivity index (χ0v) is 17.0. The molecule has 0 bridgehead atoms. The molecule has 1 aliphatic carbocycles. The Morgan fingerprint density at radius 2 is 1.93 bits per heavy atom. The van der Waals surface area contributed by atoms with E-state index < -0.39 is 0 Å². The molecule has 0 spiro atoms. The van der Waals surface area contributed by atoms with E-state index >= 15 is 0 Å². The molecule has 0 amide bonds. The van der Waals surface area contributed by atoms with Gasteiger partial charge in [-0.3, -0.25) is 4.98 Å². The summed E-state index contributed by atoms with van der Waals surface area (Å²) in [5.41, 5.74) is 3.45. The van der Waals surface area contributed by atoms with Crippen LogP contribution in [-0.4, -0.2) is 21.0 Å². The fourth-order valence-electron chi connectivity index (χ4n) is 4.81. The molecule has 3 aromatic heterocycles. The first-order valence-electron chi connectivity index (χ1n) is 10.7. The third-order valence-electron chi connectivity index (χ3n) is 6.25. The summed E-state index contributed by atoms with van der Waals surface area (Å²) >= 11 is 0. The minimum atomic E-state index is -0.195. The number of oxazole rings is 1. The number of benzene rings is 1. The second-order valence-electron chi connectivity index (χ2n) is 8.41. The lowest BCUT2D eigenvalue weighted by Crippen LogP contribution is -2.23. The Morgan fingerprint density at radius 3 is 2.77 bits per heavy atom. The van der Waals surface area contributed by atoms with Crippen LogP contribution in [-0.2, 0) is 0 Å². The van der Waals surface area contributed by atoms with E-state index in [1.54, 1.807) is 18.3 Å². The maximum absolute atomic E-state index is 13.8. The van der Waals surface area contributed by atoms with Crippen molar-refractivity contribution in [2.24, 2.45) is 5.92 Å². The van der Waals surface area contributed by atoms with Crippen molar-refractivity contribution in [2.75, 3.05) is 5.32 Å². The Hall–Kier alpha value is -3.02. The highest BCUT2D eigenvalue weighted by atomic mass is 19.1. The molecule has 5 nitrogen and oxygen atoms in total. The third-order valence-corrected chi connectivity index (χ3v) is 6.25. The van der Waals surface area contributed by atoms with E-state index in [9.17, 15) is 4.39 Å². The van der Waals surface area contributed by atoms with Crippen molar-refractivity contribution in [1.82, 2.24) is 15.0 Å². The van der Waals surface area contributed by atoms with Crippen molar-refractivity contribution >= 4 is 28.1 Å². The molecule has 1 saturated carbocycles. The fraction of sp³-hybridized carbons (Fsp3) is 0.375. The van der Waals surface area contributed by atoms with Crippen LogP contribution in [0.1, 0.15) is 50.5 Å². The SMILES string of the molecule is CC(C[C@H]1CC[C@@H](c2ccnc3ccc(F)cc32)CC1)Nc1nc2cccnc2o1. The molecule has 0 saturated heterocycles. The van der Waals surface area contributed by atoms with Gasteiger partial charge in [0.25, 0.3) is 6.01 Å². The minimum absolute atomic E-state index is 0.195. The average molecular weight is 404 g/mol. The maximum Gasteiger partial charge on any atom is 0.297 e. The van der Waals surface area contributed by atoms with E-state index in [1.807, 2.05) is 18.3 Å². The zero-order valence-electron chi connectivity index (χ0n) is 17.0. The number of halogens is 1. The summed E-state index contributed by atoms with van der Waals surface area (Å²) in [4.78, 5) is 13.0. The second kappa shape index (κ2) is 8.01. The molecule has 0 aliphatic heterocycles. The number of hydrogen-bond donors (Lipinski definition) is 1. The van der Waals surface area contributed by atoms with Gasteiger partial charge in [0, 0.05) is 23.8 Å². The van der Waals surface area contributed by atoms with Gasteiger partial charge in [-0.1, -0.05) is 0 Å². The van der Waals surface area contributed by atoms with Crippen molar-refractivity contribution in [1.29, 1.82) is 0 Å². The predicted octanol–water partition coefficient (Wildman–Crippen LogP) is 6.07. The van der Waals surface area contributed by atoms with Crippen LogP contribution in [0.25, 0.3) is 22.1 Å². The number of rotatable bonds is 5. The van der Waals surface area contributed by atoms with Crippen molar-refractivity contribution in [3.05, 3.63) is 60.2 Å². The Bertz CT molecular complexity index is 1130. The molecule has 154 valence electrons. The standard InChI is InChI=1S/C24H25FN4O/c1-15(28-24-29-22-3-2-11-27-23(22)30-24)13-16-4-6-17(7-5-16)19-10-12-26-21-9-8-18(25)14-20(19)21/h2-3,8-12,14-17H,4-7,13H2,1H3,(H,28,29)/t15?,16-,17+. The number of hydrogen-bond acceptors (Lipinski definition) is 5. The van der Waals surface area contributed by atoms with Crippen LogP contribution in [0.5, 0.6) is 0 Å². The number of fused-ring (bicyclic) bond motifs is 2. The molecule has 4 aromatic rings. The Morgan fingerprint density at radius 1 is 1.07 bits per heavy atom. The molecule has 5 rings (SSSR count). The molecular formula is C24H25FN4O. The van der Waals surface area contributed by atoms with Gasteiger partial charge in [-0.2, -0.15) is 4.98 Å². The van der Waals surface area contributed by atoms with Crippen LogP contribution in [0, 0.1) is 11.7 Å². The average Bonchev–Trinajstić information content (AvgIpc) is 3.16. The Kier molecular flexibility index (Phi) is 5.07. The summed E-state index contributed by atoms with van der Waals surface area (Å²) in [6, 6.07) is 11.5. The van der Waals surface area contributed by atoms with Crippen LogP contribution in [0.4, 0.5) is 10.4 Å². The van der Waals surface area contributed by atoms with Gasteiger partial charge in [0.2, 0.25) is 5.71 Å². The molecule has 0 radical (unpaired) electrons. The van der Waals surface area contributed by atoms with E-state index in [4.69, 9.17) is 4.42 Å². The van der Waals surface area contributed by atoms with Crippen LogP contribution in [0.2, 0.25) is 0 Å². The monoisotopic (exact) mass is 404 g/mol. The first kappa shape index (κ1) is 19.0. The second-order valence-corrected chi connectivity index (χ2v) is 8.41. The number of pyridine rings is 2. The summed E-state index contributed by atoms with van der Waals surface area (Å²) in [7, 11) is 0. The van der Waals surface area contributed by atoms with Crippen molar-refractivity contribution in [3.63, 3.8) is 0 Å². The summed E-state index contributed by atoms with van der Waals surface area (Å²) in [5, 5.41) is 4.34. The molecule has 1 aromatic carbocycles. The largest absolute Gasteiger partial charge is 0.404 e. The molecule has 30 heavy (non-hydrogen) atoms. The Balaban J connectivity index is 1.20. The van der Waals surface area contributed by atoms with Gasteiger partial charge in [-0.05, 0) is 92.8 Å². The van der Waals surface area contributed by atoms with Gasteiger partial charge in [-0.25, -0.2) is 9.37 Å². The van der Waals surface area contributed by atoms with E-state index in [0.717, 1.165) is 35.7 Å². The lowest BCUT2D eigenvalue weighted by atomic mass is 9.76. The van der Waals surface area contributed by atoms with Crippen LogP contribution in [0.15, 0.2) is 53.2 Å². The predicted molar refractivity (Wildman–Crippen MR) is 116 cm³/mol. The lowest BCUT2D eigenvalue weighted by molar-refractivity contribution is 0.301. The molecule has 1 unspecified atom stereocenters. The highest BCUT2D eigenvalue weighted by Gasteiger charge is 2.25. The van der Waals surface area contributed by atoms with Crippen LogP contribution >= 0.6 is 0 Å². The van der Waals surface area contributed by atoms with Gasteiger partial charge in [0.05, 0.1) is 5.52 Å². The highest BCUT2D eigenvalue weighted by molar-refractivity contribution is 5.82. The number of nitrogens with one attached hydrogen (secondary N) is 1. The molecule has 1 N–H and O–H groups in total. The van der Waals surface area contributed by atoms with Gasteiger partial charge in [0.15, 0.2) is 0 Å².